The van der Waals surface area contributed by atoms with Crippen LogP contribution in [-0.2, 0) is 0 Å². The molecule has 22 heavy (non-hydrogen) atoms. The molecule has 0 spiro atoms. The number of benzene rings is 1. The van der Waals surface area contributed by atoms with E-state index < -0.39 is 0 Å². The Morgan fingerprint density at radius 2 is 1.95 bits per heavy atom. The highest BCUT2D eigenvalue weighted by molar-refractivity contribution is 7.80. The SMILES string of the molecule is COc1ccc(-n2c(C)cc(/C=C(/C#N)C(N)=S)c2C)cc1. The first kappa shape index (κ1) is 15.8. The van der Waals surface area contributed by atoms with Crippen LogP contribution in [0, 0.1) is 25.2 Å². The Bertz CT molecular complexity index is 779. The number of rotatable bonds is 4. The number of nitriles is 1. The van der Waals surface area contributed by atoms with Crippen LogP contribution in [0.25, 0.3) is 11.8 Å². The van der Waals surface area contributed by atoms with Gasteiger partial charge in [0.1, 0.15) is 16.8 Å². The van der Waals surface area contributed by atoms with E-state index in [0.717, 1.165) is 28.4 Å². The highest BCUT2D eigenvalue weighted by Gasteiger charge is 2.11. The highest BCUT2D eigenvalue weighted by atomic mass is 32.1. The van der Waals surface area contributed by atoms with Gasteiger partial charge < -0.3 is 15.0 Å². The molecule has 1 aromatic carbocycles. The number of nitrogens with two attached hydrogens (primary N) is 1. The van der Waals surface area contributed by atoms with Gasteiger partial charge in [-0.2, -0.15) is 5.26 Å². The number of thiocarbonyl (C=S) groups is 1. The van der Waals surface area contributed by atoms with Gasteiger partial charge in [-0.25, -0.2) is 0 Å². The minimum Gasteiger partial charge on any atom is -0.497 e. The average Bonchev–Trinajstić information content (AvgIpc) is 2.78. The van der Waals surface area contributed by atoms with E-state index in [1.807, 2.05) is 50.2 Å². The summed E-state index contributed by atoms with van der Waals surface area (Å²) in [6.45, 7) is 4.01. The number of nitrogens with zero attached hydrogens (tertiary/aromatic N) is 2. The molecule has 0 fully saturated rings. The molecular formula is C17H17N3OS. The number of aromatic nitrogens is 1. The van der Waals surface area contributed by atoms with E-state index in [-0.39, 0.29) is 4.99 Å². The van der Waals surface area contributed by atoms with E-state index >= 15 is 0 Å². The summed E-state index contributed by atoms with van der Waals surface area (Å²) in [6.07, 6.45) is 1.73. The van der Waals surface area contributed by atoms with Gasteiger partial charge in [-0.15, -0.1) is 0 Å². The molecule has 2 N–H and O–H groups in total. The van der Waals surface area contributed by atoms with Crippen LogP contribution in [0.1, 0.15) is 17.0 Å². The van der Waals surface area contributed by atoms with Gasteiger partial charge in [0.15, 0.2) is 0 Å². The number of hydrogen-bond donors (Lipinski definition) is 1. The monoisotopic (exact) mass is 311 g/mol. The molecular weight excluding hydrogens is 294 g/mol. The summed E-state index contributed by atoms with van der Waals surface area (Å²) in [5.74, 6) is 0.812. The van der Waals surface area contributed by atoms with Crippen LogP contribution in [0.3, 0.4) is 0 Å². The number of methoxy groups -OCH3 is 1. The topological polar surface area (TPSA) is 64.0 Å². The van der Waals surface area contributed by atoms with Crippen LogP contribution in [0.5, 0.6) is 5.75 Å². The molecule has 2 rings (SSSR count). The summed E-state index contributed by atoms with van der Waals surface area (Å²) in [4.78, 5) is 0.108. The van der Waals surface area contributed by atoms with E-state index in [9.17, 15) is 0 Å². The second-order valence-electron chi connectivity index (χ2n) is 4.89. The molecule has 1 heterocycles. The molecule has 0 saturated heterocycles. The minimum absolute atomic E-state index is 0.108. The van der Waals surface area contributed by atoms with E-state index in [1.54, 1.807) is 13.2 Å². The third kappa shape index (κ3) is 3.02. The van der Waals surface area contributed by atoms with Crippen molar-refractivity contribution in [3.8, 4) is 17.5 Å². The highest BCUT2D eigenvalue weighted by Crippen LogP contribution is 2.24. The van der Waals surface area contributed by atoms with Crippen molar-refractivity contribution >= 4 is 23.3 Å². The summed E-state index contributed by atoms with van der Waals surface area (Å²) in [5, 5.41) is 9.09. The molecule has 0 aliphatic carbocycles. The van der Waals surface area contributed by atoms with Crippen LogP contribution in [0.15, 0.2) is 35.9 Å². The fourth-order valence-electron chi connectivity index (χ4n) is 2.38. The molecule has 112 valence electrons. The van der Waals surface area contributed by atoms with Crippen LogP contribution >= 0.6 is 12.2 Å². The van der Waals surface area contributed by atoms with Crippen molar-refractivity contribution in [2.75, 3.05) is 7.11 Å². The molecule has 0 atom stereocenters. The molecule has 2 aromatic rings. The first-order chi connectivity index (χ1) is 10.5. The molecule has 0 aliphatic rings. The Labute approximate surface area is 135 Å². The second kappa shape index (κ2) is 6.46. The molecule has 4 nitrogen and oxygen atoms in total. The Kier molecular flexibility index (Phi) is 4.64. The van der Waals surface area contributed by atoms with Gasteiger partial charge in [0.05, 0.1) is 12.7 Å². The smallest absolute Gasteiger partial charge is 0.119 e. The molecule has 0 unspecified atom stereocenters. The fourth-order valence-corrected chi connectivity index (χ4v) is 2.48. The number of hydrogen-bond acceptors (Lipinski definition) is 3. The largest absolute Gasteiger partial charge is 0.497 e. The van der Waals surface area contributed by atoms with Gasteiger partial charge in [0.25, 0.3) is 0 Å². The van der Waals surface area contributed by atoms with E-state index in [0.29, 0.717) is 5.57 Å². The second-order valence-corrected chi connectivity index (χ2v) is 5.33. The summed E-state index contributed by atoms with van der Waals surface area (Å²) >= 11 is 4.89. The quantitative estimate of drug-likeness (QED) is 0.534. The third-order valence-electron chi connectivity index (χ3n) is 3.49. The lowest BCUT2D eigenvalue weighted by molar-refractivity contribution is 0.414. The lowest BCUT2D eigenvalue weighted by Crippen LogP contribution is -2.09. The Hall–Kier alpha value is -2.58. The van der Waals surface area contributed by atoms with Gasteiger partial charge in [-0.1, -0.05) is 12.2 Å². The summed E-state index contributed by atoms with van der Waals surface area (Å²) in [7, 11) is 1.64. The zero-order valence-electron chi connectivity index (χ0n) is 12.8. The lowest BCUT2D eigenvalue weighted by atomic mass is 10.1. The van der Waals surface area contributed by atoms with Crippen molar-refractivity contribution in [1.29, 1.82) is 5.26 Å². The van der Waals surface area contributed by atoms with Crippen molar-refractivity contribution in [3.63, 3.8) is 0 Å². The molecule has 0 bridgehead atoms. The Balaban J connectivity index is 2.51. The molecule has 0 radical (unpaired) electrons. The standard InChI is InChI=1S/C17H17N3OS/c1-11-8-13(9-14(10-18)17(19)22)12(2)20(11)15-4-6-16(21-3)7-5-15/h4-9H,1-3H3,(H2,19,22)/b14-9-. The predicted molar refractivity (Wildman–Crippen MR) is 92.2 cm³/mol. The fraction of sp³-hybridized carbons (Fsp3) is 0.176. The lowest BCUT2D eigenvalue weighted by Gasteiger charge is -2.10. The van der Waals surface area contributed by atoms with Crippen LogP contribution in [0.2, 0.25) is 0 Å². The Morgan fingerprint density at radius 3 is 2.45 bits per heavy atom. The normalized spacial score (nSPS) is 11.1. The first-order valence-corrected chi connectivity index (χ1v) is 7.13. The van der Waals surface area contributed by atoms with E-state index in [4.69, 9.17) is 28.0 Å². The third-order valence-corrected chi connectivity index (χ3v) is 3.71. The summed E-state index contributed by atoms with van der Waals surface area (Å²) in [6, 6.07) is 11.9. The maximum atomic E-state index is 9.09. The van der Waals surface area contributed by atoms with Crippen LogP contribution < -0.4 is 10.5 Å². The summed E-state index contributed by atoms with van der Waals surface area (Å²) < 4.78 is 7.29. The van der Waals surface area contributed by atoms with Crippen molar-refractivity contribution < 1.29 is 4.74 Å². The predicted octanol–water partition coefficient (Wildman–Crippen LogP) is 3.30. The Morgan fingerprint density at radius 1 is 1.32 bits per heavy atom. The van der Waals surface area contributed by atoms with Crippen molar-refractivity contribution in [2.45, 2.75) is 13.8 Å². The zero-order chi connectivity index (χ0) is 16.3. The maximum Gasteiger partial charge on any atom is 0.119 e. The van der Waals surface area contributed by atoms with Crippen molar-refractivity contribution in [2.24, 2.45) is 5.73 Å². The van der Waals surface area contributed by atoms with E-state index in [1.165, 1.54) is 0 Å². The first-order valence-electron chi connectivity index (χ1n) is 6.73. The van der Waals surface area contributed by atoms with Crippen LogP contribution in [0.4, 0.5) is 0 Å². The van der Waals surface area contributed by atoms with E-state index in [2.05, 4.69) is 4.57 Å². The number of aryl methyl sites for hydroxylation is 1. The average molecular weight is 311 g/mol. The molecule has 1 aromatic heterocycles. The van der Waals surface area contributed by atoms with Gasteiger partial charge >= 0.3 is 0 Å². The maximum absolute atomic E-state index is 9.09. The summed E-state index contributed by atoms with van der Waals surface area (Å²) in [5.41, 5.74) is 9.91. The molecule has 0 aliphatic heterocycles. The molecule has 0 saturated carbocycles. The van der Waals surface area contributed by atoms with Crippen LogP contribution in [-0.4, -0.2) is 16.7 Å². The number of ether oxygens (including phenoxy) is 1. The van der Waals surface area contributed by atoms with Gasteiger partial charge in [-0.3, -0.25) is 0 Å². The molecule has 5 heteroatoms. The van der Waals surface area contributed by atoms with Crippen molar-refractivity contribution in [1.82, 2.24) is 4.57 Å². The van der Waals surface area contributed by atoms with Crippen molar-refractivity contribution in [3.05, 3.63) is 52.9 Å². The minimum atomic E-state index is 0.108. The van der Waals surface area contributed by atoms with Gasteiger partial charge in [-0.05, 0) is 55.8 Å². The van der Waals surface area contributed by atoms with Gasteiger partial charge in [0, 0.05) is 17.1 Å². The van der Waals surface area contributed by atoms with Gasteiger partial charge in [0.2, 0.25) is 0 Å². The zero-order valence-corrected chi connectivity index (χ0v) is 13.6. The molecule has 0 amide bonds.